The SMILES string of the molecule is CN(C)C1CCN(C(CN)C2CCSC2)CC1. The Labute approximate surface area is 110 Å². The number of piperidine rings is 1. The van der Waals surface area contributed by atoms with Gasteiger partial charge in [-0.05, 0) is 63.9 Å². The standard InChI is InChI=1S/C13H27N3S/c1-15(2)12-3-6-16(7-4-12)13(9-14)11-5-8-17-10-11/h11-13H,3-10,14H2,1-2H3. The first-order valence-corrected chi connectivity index (χ1v) is 8.06. The van der Waals surface area contributed by atoms with Gasteiger partial charge in [-0.3, -0.25) is 4.90 Å². The zero-order chi connectivity index (χ0) is 12.3. The number of nitrogens with two attached hydrogens (primary N) is 1. The van der Waals surface area contributed by atoms with Crippen LogP contribution in [0.3, 0.4) is 0 Å². The largest absolute Gasteiger partial charge is 0.329 e. The average molecular weight is 257 g/mol. The smallest absolute Gasteiger partial charge is 0.0254 e. The Bertz CT molecular complexity index is 221. The van der Waals surface area contributed by atoms with Gasteiger partial charge in [0, 0.05) is 18.6 Å². The van der Waals surface area contributed by atoms with E-state index < -0.39 is 0 Å². The molecule has 0 amide bonds. The lowest BCUT2D eigenvalue weighted by molar-refractivity contribution is 0.0883. The fourth-order valence-corrected chi connectivity index (χ4v) is 4.56. The highest BCUT2D eigenvalue weighted by molar-refractivity contribution is 7.99. The monoisotopic (exact) mass is 257 g/mol. The summed E-state index contributed by atoms with van der Waals surface area (Å²) in [7, 11) is 4.41. The van der Waals surface area contributed by atoms with Crippen LogP contribution in [0.1, 0.15) is 19.3 Å². The average Bonchev–Trinajstić information content (AvgIpc) is 2.84. The molecule has 2 aliphatic heterocycles. The first-order chi connectivity index (χ1) is 8.22. The molecule has 0 saturated carbocycles. The molecular weight excluding hydrogens is 230 g/mol. The fourth-order valence-electron chi connectivity index (χ4n) is 3.23. The first-order valence-electron chi connectivity index (χ1n) is 6.90. The van der Waals surface area contributed by atoms with Crippen LogP contribution >= 0.6 is 11.8 Å². The van der Waals surface area contributed by atoms with Crippen molar-refractivity contribution in [3.8, 4) is 0 Å². The minimum absolute atomic E-state index is 0.646. The van der Waals surface area contributed by atoms with Crippen LogP contribution in [0.4, 0.5) is 0 Å². The van der Waals surface area contributed by atoms with Gasteiger partial charge in [-0.1, -0.05) is 0 Å². The molecule has 2 fully saturated rings. The number of hydrogen-bond donors (Lipinski definition) is 1. The van der Waals surface area contributed by atoms with Gasteiger partial charge in [0.05, 0.1) is 0 Å². The van der Waals surface area contributed by atoms with E-state index in [1.165, 1.54) is 43.9 Å². The van der Waals surface area contributed by atoms with Gasteiger partial charge in [0.25, 0.3) is 0 Å². The van der Waals surface area contributed by atoms with E-state index in [1.807, 2.05) is 0 Å². The maximum atomic E-state index is 6.02. The second-order valence-corrected chi connectivity index (χ2v) is 6.81. The number of likely N-dealkylation sites (tertiary alicyclic amines) is 1. The van der Waals surface area contributed by atoms with Gasteiger partial charge >= 0.3 is 0 Å². The van der Waals surface area contributed by atoms with Crippen molar-refractivity contribution >= 4 is 11.8 Å². The summed E-state index contributed by atoms with van der Waals surface area (Å²) in [6.07, 6.45) is 3.99. The van der Waals surface area contributed by atoms with Crippen molar-refractivity contribution in [3.05, 3.63) is 0 Å². The third-order valence-corrected chi connectivity index (χ3v) is 5.64. The van der Waals surface area contributed by atoms with Crippen LogP contribution in [0.2, 0.25) is 0 Å². The minimum atomic E-state index is 0.646. The molecule has 0 aliphatic carbocycles. The molecule has 2 rings (SSSR count). The van der Waals surface area contributed by atoms with E-state index in [1.54, 1.807) is 0 Å². The molecule has 2 heterocycles. The van der Waals surface area contributed by atoms with Crippen LogP contribution in [0.25, 0.3) is 0 Å². The van der Waals surface area contributed by atoms with Crippen molar-refractivity contribution < 1.29 is 0 Å². The predicted molar refractivity (Wildman–Crippen MR) is 76.6 cm³/mol. The number of rotatable bonds is 4. The van der Waals surface area contributed by atoms with Gasteiger partial charge in [-0.15, -0.1) is 0 Å². The highest BCUT2D eigenvalue weighted by Crippen LogP contribution is 2.30. The molecule has 2 aliphatic rings. The Morgan fingerprint density at radius 3 is 2.47 bits per heavy atom. The number of nitrogens with zero attached hydrogens (tertiary/aromatic N) is 2. The molecule has 4 heteroatoms. The quantitative estimate of drug-likeness (QED) is 0.817. The van der Waals surface area contributed by atoms with Crippen LogP contribution in [-0.4, -0.2) is 67.1 Å². The fraction of sp³-hybridized carbons (Fsp3) is 1.00. The van der Waals surface area contributed by atoms with E-state index >= 15 is 0 Å². The molecule has 3 nitrogen and oxygen atoms in total. The van der Waals surface area contributed by atoms with Crippen molar-refractivity contribution in [1.29, 1.82) is 0 Å². The van der Waals surface area contributed by atoms with Gasteiger partial charge in [0.2, 0.25) is 0 Å². The molecule has 0 bridgehead atoms. The second-order valence-electron chi connectivity index (χ2n) is 5.66. The number of hydrogen-bond acceptors (Lipinski definition) is 4. The molecule has 100 valence electrons. The molecule has 17 heavy (non-hydrogen) atoms. The van der Waals surface area contributed by atoms with Crippen molar-refractivity contribution in [2.75, 3.05) is 45.2 Å². The van der Waals surface area contributed by atoms with Crippen molar-refractivity contribution in [2.24, 2.45) is 11.7 Å². The summed E-state index contributed by atoms with van der Waals surface area (Å²) >= 11 is 2.10. The van der Waals surface area contributed by atoms with Crippen LogP contribution in [0.5, 0.6) is 0 Å². The van der Waals surface area contributed by atoms with Crippen LogP contribution in [-0.2, 0) is 0 Å². The van der Waals surface area contributed by atoms with Gasteiger partial charge in [-0.25, -0.2) is 0 Å². The van der Waals surface area contributed by atoms with Crippen molar-refractivity contribution in [2.45, 2.75) is 31.3 Å². The summed E-state index contributed by atoms with van der Waals surface area (Å²) in [5.41, 5.74) is 6.02. The van der Waals surface area contributed by atoms with Gasteiger partial charge < -0.3 is 10.6 Å². The molecule has 0 aromatic heterocycles. The first kappa shape index (κ1) is 13.7. The van der Waals surface area contributed by atoms with E-state index in [4.69, 9.17) is 5.73 Å². The van der Waals surface area contributed by atoms with Gasteiger partial charge in [0.1, 0.15) is 0 Å². The third kappa shape index (κ3) is 3.37. The predicted octanol–water partition coefficient (Wildman–Crippen LogP) is 1.09. The van der Waals surface area contributed by atoms with E-state index in [2.05, 4.69) is 35.7 Å². The number of thioether (sulfide) groups is 1. The van der Waals surface area contributed by atoms with Gasteiger partial charge in [-0.2, -0.15) is 11.8 Å². The Morgan fingerprint density at radius 1 is 1.29 bits per heavy atom. The Balaban J connectivity index is 1.85. The molecule has 2 saturated heterocycles. The summed E-state index contributed by atoms with van der Waals surface area (Å²) < 4.78 is 0. The van der Waals surface area contributed by atoms with Crippen LogP contribution < -0.4 is 5.73 Å². The zero-order valence-corrected chi connectivity index (χ0v) is 12.1. The maximum Gasteiger partial charge on any atom is 0.0254 e. The Kier molecular flexibility index (Phi) is 5.15. The lowest BCUT2D eigenvalue weighted by Crippen LogP contribution is -2.51. The Hall–Kier alpha value is 0.230. The van der Waals surface area contributed by atoms with Crippen LogP contribution in [0.15, 0.2) is 0 Å². The summed E-state index contributed by atoms with van der Waals surface area (Å²) in [5, 5.41) is 0. The molecule has 0 aromatic rings. The summed E-state index contributed by atoms with van der Waals surface area (Å²) in [4.78, 5) is 5.04. The lowest BCUT2D eigenvalue weighted by Gasteiger charge is -2.41. The maximum absolute atomic E-state index is 6.02. The van der Waals surface area contributed by atoms with E-state index in [0.29, 0.717) is 6.04 Å². The second kappa shape index (κ2) is 6.41. The summed E-state index contributed by atoms with van der Waals surface area (Å²) in [6.45, 7) is 3.33. The van der Waals surface area contributed by atoms with Crippen LogP contribution in [0, 0.1) is 5.92 Å². The molecule has 2 N–H and O–H groups in total. The molecular formula is C13H27N3S. The molecule has 2 atom stereocenters. The zero-order valence-electron chi connectivity index (χ0n) is 11.3. The minimum Gasteiger partial charge on any atom is -0.329 e. The van der Waals surface area contributed by atoms with Gasteiger partial charge in [0.15, 0.2) is 0 Å². The molecule has 0 spiro atoms. The summed E-state index contributed by atoms with van der Waals surface area (Å²) in [6, 6.07) is 1.43. The third-order valence-electron chi connectivity index (χ3n) is 4.45. The lowest BCUT2D eigenvalue weighted by atomic mass is 9.94. The Morgan fingerprint density at radius 2 is 2.00 bits per heavy atom. The summed E-state index contributed by atoms with van der Waals surface area (Å²) in [5.74, 6) is 3.52. The molecule has 0 radical (unpaired) electrons. The van der Waals surface area contributed by atoms with E-state index in [9.17, 15) is 0 Å². The van der Waals surface area contributed by atoms with Crippen molar-refractivity contribution in [3.63, 3.8) is 0 Å². The normalized spacial score (nSPS) is 30.0. The van der Waals surface area contributed by atoms with E-state index in [0.717, 1.165) is 18.5 Å². The highest BCUT2D eigenvalue weighted by Gasteiger charge is 2.31. The molecule has 2 unspecified atom stereocenters. The topological polar surface area (TPSA) is 32.5 Å². The molecule has 0 aromatic carbocycles. The van der Waals surface area contributed by atoms with Crippen molar-refractivity contribution in [1.82, 2.24) is 9.80 Å². The highest BCUT2D eigenvalue weighted by atomic mass is 32.2. The van der Waals surface area contributed by atoms with E-state index in [-0.39, 0.29) is 0 Å².